The largest absolute Gasteiger partial charge is 0.352 e. The maximum absolute atomic E-state index is 10.4. The van der Waals surface area contributed by atoms with E-state index in [4.69, 9.17) is 12.2 Å². The van der Waals surface area contributed by atoms with Crippen LogP contribution in [0.4, 0.5) is 0 Å². The first-order valence-corrected chi connectivity index (χ1v) is 3.30. The van der Waals surface area contributed by atoms with Crippen molar-refractivity contribution >= 4 is 18.5 Å². The molecule has 0 saturated carbocycles. The lowest BCUT2D eigenvalue weighted by Gasteiger charge is -1.94. The molecule has 0 aliphatic heterocycles. The van der Waals surface area contributed by atoms with E-state index in [1.165, 1.54) is 0 Å². The molecule has 1 N–H and O–H groups in total. The van der Waals surface area contributed by atoms with Gasteiger partial charge < -0.3 is 4.98 Å². The average Bonchev–Trinajstić information content (AvgIpc) is 1.88. The molecule has 2 nitrogen and oxygen atoms in total. The molecule has 0 fully saturated rings. The van der Waals surface area contributed by atoms with Crippen LogP contribution >= 0.6 is 12.2 Å². The minimum Gasteiger partial charge on any atom is -0.352 e. The number of carbonyl (C=O) groups excluding carboxylic acids is 1. The van der Waals surface area contributed by atoms with E-state index in [1.807, 2.05) is 13.0 Å². The second kappa shape index (κ2) is 2.75. The predicted octanol–water partition coefficient (Wildman–Crippen LogP) is 1.87. The summed E-state index contributed by atoms with van der Waals surface area (Å²) in [5.74, 6) is 0. The molecule has 1 heterocycles. The van der Waals surface area contributed by atoms with Gasteiger partial charge in [0.2, 0.25) is 0 Å². The molecule has 0 bridgehead atoms. The van der Waals surface area contributed by atoms with Crippen LogP contribution in [0.5, 0.6) is 0 Å². The highest BCUT2D eigenvalue weighted by atomic mass is 32.1. The van der Waals surface area contributed by atoms with Gasteiger partial charge >= 0.3 is 0 Å². The summed E-state index contributed by atoms with van der Waals surface area (Å²) in [5, 5.41) is 0. The molecule has 1 rings (SSSR count). The monoisotopic (exact) mass is 153 g/mol. The zero-order chi connectivity index (χ0) is 7.56. The number of nitrogens with one attached hydrogen (secondary N) is 1. The Bertz CT molecular complexity index is 303. The number of carbonyl (C=O) groups is 1. The fraction of sp³-hybridized carbons (Fsp3) is 0.143. The van der Waals surface area contributed by atoms with Crippen LogP contribution in [0.25, 0.3) is 0 Å². The Kier molecular flexibility index (Phi) is 1.97. The summed E-state index contributed by atoms with van der Waals surface area (Å²) in [5.41, 5.74) is 1.50. The number of pyridine rings is 1. The van der Waals surface area contributed by atoms with Crippen LogP contribution < -0.4 is 0 Å². The minimum atomic E-state index is 0.509. The molecule has 0 unspecified atom stereocenters. The zero-order valence-corrected chi connectivity index (χ0v) is 6.37. The van der Waals surface area contributed by atoms with Crippen molar-refractivity contribution in [3.63, 3.8) is 0 Å². The third-order valence-electron chi connectivity index (χ3n) is 1.34. The van der Waals surface area contributed by atoms with Crippen LogP contribution in [0.2, 0.25) is 0 Å². The van der Waals surface area contributed by atoms with E-state index < -0.39 is 0 Å². The van der Waals surface area contributed by atoms with Crippen molar-refractivity contribution in [1.29, 1.82) is 0 Å². The van der Waals surface area contributed by atoms with Crippen molar-refractivity contribution in [2.24, 2.45) is 0 Å². The van der Waals surface area contributed by atoms with E-state index in [2.05, 4.69) is 4.98 Å². The van der Waals surface area contributed by atoms with Gasteiger partial charge in [-0.15, -0.1) is 0 Å². The topological polar surface area (TPSA) is 32.9 Å². The molecule has 0 spiro atoms. The van der Waals surface area contributed by atoms with Gasteiger partial charge in [-0.1, -0.05) is 12.2 Å². The summed E-state index contributed by atoms with van der Waals surface area (Å²) in [6.07, 6.45) is 2.50. The first-order valence-electron chi connectivity index (χ1n) is 2.89. The Hall–Kier alpha value is -0.960. The third kappa shape index (κ3) is 1.14. The van der Waals surface area contributed by atoms with E-state index in [-0.39, 0.29) is 0 Å². The van der Waals surface area contributed by atoms with E-state index in [0.717, 1.165) is 11.8 Å². The zero-order valence-electron chi connectivity index (χ0n) is 5.55. The highest BCUT2D eigenvalue weighted by Crippen LogP contribution is 2.02. The molecule has 0 aliphatic rings. The van der Waals surface area contributed by atoms with Gasteiger partial charge in [0.05, 0.1) is 5.56 Å². The van der Waals surface area contributed by atoms with Crippen molar-refractivity contribution in [3.05, 3.63) is 28.0 Å². The molecule has 1 aromatic rings. The maximum Gasteiger partial charge on any atom is 0.153 e. The minimum absolute atomic E-state index is 0.509. The van der Waals surface area contributed by atoms with Crippen LogP contribution in [0.15, 0.2) is 12.3 Å². The number of hydrogen-bond donors (Lipinski definition) is 1. The van der Waals surface area contributed by atoms with Gasteiger partial charge in [-0.05, 0) is 18.6 Å². The number of aromatic nitrogens is 1. The van der Waals surface area contributed by atoms with Gasteiger partial charge in [0.1, 0.15) is 4.64 Å². The Morgan fingerprint density at radius 2 is 2.40 bits per heavy atom. The summed E-state index contributed by atoms with van der Waals surface area (Å²) in [6, 6.07) is 1.82. The molecule has 0 atom stereocenters. The molecule has 1 aromatic heterocycles. The van der Waals surface area contributed by atoms with E-state index >= 15 is 0 Å². The van der Waals surface area contributed by atoms with Crippen molar-refractivity contribution < 1.29 is 4.79 Å². The number of H-pyrrole nitrogens is 1. The fourth-order valence-electron chi connectivity index (χ4n) is 0.735. The van der Waals surface area contributed by atoms with Crippen LogP contribution in [0.3, 0.4) is 0 Å². The van der Waals surface area contributed by atoms with Gasteiger partial charge in [0.25, 0.3) is 0 Å². The number of aldehydes is 1. The highest BCUT2D eigenvalue weighted by molar-refractivity contribution is 7.71. The lowest BCUT2D eigenvalue weighted by Crippen LogP contribution is -1.88. The number of rotatable bonds is 1. The summed E-state index contributed by atoms with van der Waals surface area (Å²) in [7, 11) is 0. The fourth-order valence-corrected chi connectivity index (χ4v) is 1.01. The molecule has 0 radical (unpaired) electrons. The second-order valence-corrected chi connectivity index (χ2v) is 2.43. The summed E-state index contributed by atoms with van der Waals surface area (Å²) < 4.78 is 0.509. The number of hydrogen-bond acceptors (Lipinski definition) is 2. The van der Waals surface area contributed by atoms with Crippen LogP contribution in [-0.2, 0) is 0 Å². The average molecular weight is 153 g/mol. The third-order valence-corrected chi connectivity index (χ3v) is 1.67. The summed E-state index contributed by atoms with van der Waals surface area (Å²) >= 11 is 4.85. The standard InChI is InChI=1S/C7H7NOS/c1-5-2-3-8-7(10)6(5)4-9/h2-4H,1H3,(H,8,10). The van der Waals surface area contributed by atoms with Crippen molar-refractivity contribution in [3.8, 4) is 0 Å². The summed E-state index contributed by atoms with van der Waals surface area (Å²) in [6.45, 7) is 1.85. The Balaban J connectivity index is 3.45. The normalized spacial score (nSPS) is 9.30. The van der Waals surface area contributed by atoms with E-state index in [9.17, 15) is 4.79 Å². The van der Waals surface area contributed by atoms with Gasteiger partial charge in [-0.2, -0.15) is 0 Å². The SMILES string of the molecule is Cc1cc[nH]c(=S)c1C=O. The van der Waals surface area contributed by atoms with E-state index in [0.29, 0.717) is 10.2 Å². The maximum atomic E-state index is 10.4. The molecule has 0 aliphatic carbocycles. The van der Waals surface area contributed by atoms with Gasteiger partial charge in [-0.25, -0.2) is 0 Å². The molecule has 0 amide bonds. The quantitative estimate of drug-likeness (QED) is 0.493. The van der Waals surface area contributed by atoms with E-state index in [1.54, 1.807) is 6.20 Å². The Labute approximate surface area is 63.9 Å². The molecule has 10 heavy (non-hydrogen) atoms. The molecule has 0 aromatic carbocycles. The first kappa shape index (κ1) is 7.15. The van der Waals surface area contributed by atoms with Gasteiger partial charge in [0.15, 0.2) is 6.29 Å². The highest BCUT2D eigenvalue weighted by Gasteiger charge is 1.95. The Morgan fingerprint density at radius 3 is 2.80 bits per heavy atom. The molecular weight excluding hydrogens is 146 g/mol. The Morgan fingerprint density at radius 1 is 1.70 bits per heavy atom. The lowest BCUT2D eigenvalue weighted by molar-refractivity contribution is 0.112. The first-order chi connectivity index (χ1) is 4.75. The lowest BCUT2D eigenvalue weighted by atomic mass is 10.2. The number of aryl methyl sites for hydroxylation is 1. The van der Waals surface area contributed by atoms with Crippen LogP contribution in [0.1, 0.15) is 15.9 Å². The van der Waals surface area contributed by atoms with Crippen molar-refractivity contribution in [2.45, 2.75) is 6.92 Å². The van der Waals surface area contributed by atoms with Gasteiger partial charge in [-0.3, -0.25) is 4.79 Å². The van der Waals surface area contributed by atoms with Crippen molar-refractivity contribution in [1.82, 2.24) is 4.98 Å². The van der Waals surface area contributed by atoms with Crippen LogP contribution in [0, 0.1) is 11.6 Å². The number of aromatic amines is 1. The van der Waals surface area contributed by atoms with Crippen LogP contribution in [-0.4, -0.2) is 11.3 Å². The molecule has 0 saturated heterocycles. The second-order valence-electron chi connectivity index (χ2n) is 2.02. The molecule has 52 valence electrons. The molecule has 3 heteroatoms. The van der Waals surface area contributed by atoms with Crippen molar-refractivity contribution in [2.75, 3.05) is 0 Å². The van der Waals surface area contributed by atoms with Gasteiger partial charge in [0, 0.05) is 6.20 Å². The summed E-state index contributed by atoms with van der Waals surface area (Å²) in [4.78, 5) is 13.1. The predicted molar refractivity (Wildman–Crippen MR) is 41.8 cm³/mol. The smallest absolute Gasteiger partial charge is 0.153 e. The molecular formula is C7H7NOS.